The van der Waals surface area contributed by atoms with Crippen LogP contribution in [0.2, 0.25) is 5.02 Å². The Morgan fingerprint density at radius 1 is 0.935 bits per heavy atom. The lowest BCUT2D eigenvalue weighted by Crippen LogP contribution is -2.28. The molecule has 1 atom stereocenters. The lowest BCUT2D eigenvalue weighted by atomic mass is 10.2. The highest BCUT2D eigenvalue weighted by Crippen LogP contribution is 2.25. The number of hydrogen-bond donors (Lipinski definition) is 0. The van der Waals surface area contributed by atoms with Gasteiger partial charge in [-0.1, -0.05) is 41.9 Å². The number of carbonyl (C=O) groups excluding carboxylic acids is 1. The number of nitrogens with zero attached hydrogens (tertiary/aromatic N) is 4. The van der Waals surface area contributed by atoms with Gasteiger partial charge in [0.2, 0.25) is 5.82 Å². The highest BCUT2D eigenvalue weighted by Gasteiger charge is 2.17. The second-order valence-corrected chi connectivity index (χ2v) is 7.20. The first-order chi connectivity index (χ1) is 15.1. The van der Waals surface area contributed by atoms with Gasteiger partial charge in [-0.2, -0.15) is 4.80 Å². The molecule has 8 heteroatoms. The van der Waals surface area contributed by atoms with Crippen molar-refractivity contribution < 1.29 is 14.3 Å². The number of aromatic nitrogens is 4. The first kappa shape index (κ1) is 20.6. The molecule has 0 radical (unpaired) electrons. The van der Waals surface area contributed by atoms with E-state index in [1.54, 1.807) is 55.5 Å². The van der Waals surface area contributed by atoms with Crippen LogP contribution in [0, 0.1) is 0 Å². The van der Waals surface area contributed by atoms with Crippen LogP contribution in [0.5, 0.6) is 17.2 Å². The maximum atomic E-state index is 12.5. The molecule has 1 heterocycles. The molecule has 0 saturated heterocycles. The Kier molecular flexibility index (Phi) is 6.24. The Morgan fingerprint density at radius 3 is 2.23 bits per heavy atom. The Labute approximate surface area is 184 Å². The summed E-state index contributed by atoms with van der Waals surface area (Å²) in [4.78, 5) is 13.8. The summed E-state index contributed by atoms with van der Waals surface area (Å²) in [5.74, 6) is 2.18. The van der Waals surface area contributed by atoms with Crippen LogP contribution in [-0.4, -0.2) is 32.1 Å². The Hall–Kier alpha value is -3.71. The van der Waals surface area contributed by atoms with E-state index in [-0.39, 0.29) is 12.3 Å². The second-order valence-electron chi connectivity index (χ2n) is 6.76. The van der Waals surface area contributed by atoms with Crippen molar-refractivity contribution in [3.63, 3.8) is 0 Å². The SMILES string of the molecule is CC(Oc1ccc(Oc2ccc(Cl)cc2)cc1)C(=O)Cn1nnc(-c2ccccc2)n1. The number of benzene rings is 3. The monoisotopic (exact) mass is 434 g/mol. The van der Waals surface area contributed by atoms with Crippen molar-refractivity contribution in [2.24, 2.45) is 0 Å². The molecule has 4 aromatic rings. The second kappa shape index (κ2) is 9.40. The molecule has 31 heavy (non-hydrogen) atoms. The summed E-state index contributed by atoms with van der Waals surface area (Å²) in [5.41, 5.74) is 0.839. The van der Waals surface area contributed by atoms with E-state index in [0.717, 1.165) is 5.56 Å². The van der Waals surface area contributed by atoms with E-state index in [1.165, 1.54) is 4.80 Å². The highest BCUT2D eigenvalue weighted by atomic mass is 35.5. The quantitative estimate of drug-likeness (QED) is 0.395. The van der Waals surface area contributed by atoms with Crippen molar-refractivity contribution >= 4 is 17.4 Å². The van der Waals surface area contributed by atoms with Crippen molar-refractivity contribution in [3.8, 4) is 28.6 Å². The number of ether oxygens (including phenoxy) is 2. The van der Waals surface area contributed by atoms with Gasteiger partial charge in [0.1, 0.15) is 23.8 Å². The molecular formula is C23H19ClN4O3. The van der Waals surface area contributed by atoms with Gasteiger partial charge in [0.25, 0.3) is 0 Å². The number of halogens is 1. The highest BCUT2D eigenvalue weighted by molar-refractivity contribution is 6.30. The predicted octanol–water partition coefficient (Wildman–Crippen LogP) is 4.82. The third-order valence-electron chi connectivity index (χ3n) is 4.42. The zero-order valence-electron chi connectivity index (χ0n) is 16.7. The normalized spacial score (nSPS) is 11.7. The maximum Gasteiger partial charge on any atom is 0.204 e. The Morgan fingerprint density at radius 2 is 1.55 bits per heavy atom. The molecule has 1 aromatic heterocycles. The zero-order chi connectivity index (χ0) is 21.6. The topological polar surface area (TPSA) is 79.1 Å². The molecule has 0 aliphatic heterocycles. The van der Waals surface area contributed by atoms with Gasteiger partial charge < -0.3 is 9.47 Å². The zero-order valence-corrected chi connectivity index (χ0v) is 17.4. The van der Waals surface area contributed by atoms with Gasteiger partial charge in [0.15, 0.2) is 11.9 Å². The predicted molar refractivity (Wildman–Crippen MR) is 116 cm³/mol. The summed E-state index contributed by atoms with van der Waals surface area (Å²) in [6.07, 6.45) is -0.672. The maximum absolute atomic E-state index is 12.5. The van der Waals surface area contributed by atoms with Gasteiger partial charge in [-0.05, 0) is 60.7 Å². The summed E-state index contributed by atoms with van der Waals surface area (Å²) in [5, 5.41) is 12.9. The molecular weight excluding hydrogens is 416 g/mol. The fraction of sp³-hybridized carbons (Fsp3) is 0.130. The summed E-state index contributed by atoms with van der Waals surface area (Å²) >= 11 is 5.88. The standard InChI is InChI=1S/C23H19ClN4O3/c1-16(22(29)15-28-26-23(25-27-28)17-5-3-2-4-6-17)30-19-11-13-21(14-12-19)31-20-9-7-18(24)8-10-20/h2-14,16H,15H2,1H3. The average molecular weight is 435 g/mol. The molecule has 0 fully saturated rings. The average Bonchev–Trinajstić information content (AvgIpc) is 3.26. The van der Waals surface area contributed by atoms with Crippen LogP contribution in [0.3, 0.4) is 0 Å². The third kappa shape index (κ3) is 5.46. The van der Waals surface area contributed by atoms with Gasteiger partial charge in [0.05, 0.1) is 0 Å². The van der Waals surface area contributed by atoms with Crippen LogP contribution in [-0.2, 0) is 11.3 Å². The molecule has 7 nitrogen and oxygen atoms in total. The number of hydrogen-bond acceptors (Lipinski definition) is 6. The minimum Gasteiger partial charge on any atom is -0.483 e. The van der Waals surface area contributed by atoms with E-state index in [2.05, 4.69) is 15.4 Å². The van der Waals surface area contributed by atoms with Gasteiger partial charge in [-0.25, -0.2) is 0 Å². The largest absolute Gasteiger partial charge is 0.483 e. The number of Topliss-reactive ketones (excluding diaryl/α,β-unsaturated/α-hetero) is 1. The molecule has 156 valence electrons. The first-order valence-electron chi connectivity index (χ1n) is 9.63. The minimum absolute atomic E-state index is 0.0290. The van der Waals surface area contributed by atoms with E-state index in [1.807, 2.05) is 30.3 Å². The van der Waals surface area contributed by atoms with Crippen molar-refractivity contribution in [2.75, 3.05) is 0 Å². The van der Waals surface area contributed by atoms with Crippen molar-refractivity contribution in [3.05, 3.63) is 83.9 Å². The van der Waals surface area contributed by atoms with Crippen molar-refractivity contribution in [2.45, 2.75) is 19.6 Å². The Bertz CT molecular complexity index is 1150. The van der Waals surface area contributed by atoms with Crippen LogP contribution in [0.25, 0.3) is 11.4 Å². The molecule has 0 amide bonds. The van der Waals surface area contributed by atoms with Gasteiger partial charge in [-0.3, -0.25) is 4.79 Å². The fourth-order valence-corrected chi connectivity index (χ4v) is 2.90. The number of carbonyl (C=O) groups is 1. The smallest absolute Gasteiger partial charge is 0.204 e. The van der Waals surface area contributed by atoms with Crippen molar-refractivity contribution in [1.29, 1.82) is 0 Å². The number of ketones is 1. The van der Waals surface area contributed by atoms with Crippen molar-refractivity contribution in [1.82, 2.24) is 20.2 Å². The molecule has 3 aromatic carbocycles. The van der Waals surface area contributed by atoms with Crippen LogP contribution >= 0.6 is 11.6 Å². The molecule has 0 aliphatic carbocycles. The summed E-state index contributed by atoms with van der Waals surface area (Å²) < 4.78 is 11.5. The van der Waals surface area contributed by atoms with Gasteiger partial charge in [-0.15, -0.1) is 10.2 Å². The van der Waals surface area contributed by atoms with E-state index in [4.69, 9.17) is 21.1 Å². The fourth-order valence-electron chi connectivity index (χ4n) is 2.78. The molecule has 4 rings (SSSR count). The van der Waals surface area contributed by atoms with E-state index in [9.17, 15) is 4.79 Å². The lowest BCUT2D eigenvalue weighted by molar-refractivity contribution is -0.126. The van der Waals surface area contributed by atoms with Crippen LogP contribution in [0.15, 0.2) is 78.9 Å². The summed E-state index contributed by atoms with van der Waals surface area (Å²) in [6, 6.07) is 23.6. The molecule has 0 bridgehead atoms. The van der Waals surface area contributed by atoms with E-state index in [0.29, 0.717) is 28.1 Å². The van der Waals surface area contributed by atoms with Gasteiger partial charge in [0, 0.05) is 10.6 Å². The Balaban J connectivity index is 1.32. The number of tetrazole rings is 1. The first-order valence-corrected chi connectivity index (χ1v) is 10.0. The van der Waals surface area contributed by atoms with Gasteiger partial charge >= 0.3 is 0 Å². The third-order valence-corrected chi connectivity index (χ3v) is 4.67. The molecule has 1 unspecified atom stereocenters. The number of rotatable bonds is 8. The summed E-state index contributed by atoms with van der Waals surface area (Å²) in [7, 11) is 0. The molecule has 0 saturated carbocycles. The summed E-state index contributed by atoms with van der Waals surface area (Å²) in [6.45, 7) is 1.66. The molecule has 0 spiro atoms. The van der Waals surface area contributed by atoms with Crippen LogP contribution in [0.4, 0.5) is 0 Å². The molecule has 0 aliphatic rings. The van der Waals surface area contributed by atoms with E-state index >= 15 is 0 Å². The van der Waals surface area contributed by atoms with Crippen LogP contribution < -0.4 is 9.47 Å². The van der Waals surface area contributed by atoms with Crippen LogP contribution in [0.1, 0.15) is 6.92 Å². The van der Waals surface area contributed by atoms with E-state index < -0.39 is 6.10 Å². The minimum atomic E-state index is -0.672. The lowest BCUT2D eigenvalue weighted by Gasteiger charge is -2.14. The molecule has 0 N–H and O–H groups in total.